The van der Waals surface area contributed by atoms with Gasteiger partial charge >= 0.3 is 0 Å². The summed E-state index contributed by atoms with van der Waals surface area (Å²) >= 11 is 5.49. The highest BCUT2D eigenvalue weighted by Crippen LogP contribution is 2.06. The molecule has 0 unspecified atom stereocenters. The van der Waals surface area contributed by atoms with Crippen molar-refractivity contribution in [3.05, 3.63) is 29.7 Å². The van der Waals surface area contributed by atoms with Gasteiger partial charge in [0.2, 0.25) is 0 Å². The summed E-state index contributed by atoms with van der Waals surface area (Å²) < 4.78 is 1.82. The van der Waals surface area contributed by atoms with Gasteiger partial charge in [-0.3, -0.25) is 9.20 Å². The molecule has 0 aliphatic heterocycles. The summed E-state index contributed by atoms with van der Waals surface area (Å²) in [6.45, 7) is 2.31. The number of rotatable bonds is 3. The summed E-state index contributed by atoms with van der Waals surface area (Å²) in [6, 6.07) is 3.43. The average Bonchev–Trinajstić information content (AvgIpc) is 2.67. The van der Waals surface area contributed by atoms with Crippen molar-refractivity contribution in [3.63, 3.8) is 0 Å². The summed E-state index contributed by atoms with van der Waals surface area (Å²) in [4.78, 5) is 11.6. The van der Waals surface area contributed by atoms with E-state index >= 15 is 0 Å². The van der Waals surface area contributed by atoms with E-state index < -0.39 is 0 Å². The number of aryl methyl sites for hydroxylation is 1. The third-order valence-corrected chi connectivity index (χ3v) is 2.41. The molecule has 0 saturated heterocycles. The summed E-state index contributed by atoms with van der Waals surface area (Å²) in [5.41, 5.74) is 1.22. The zero-order valence-electron chi connectivity index (χ0n) is 8.77. The van der Waals surface area contributed by atoms with Crippen LogP contribution in [-0.4, -0.2) is 32.9 Å². The molecule has 6 heteroatoms. The minimum absolute atomic E-state index is 0.149. The van der Waals surface area contributed by atoms with E-state index in [0.717, 1.165) is 5.82 Å². The maximum Gasteiger partial charge on any atom is 0.251 e. The van der Waals surface area contributed by atoms with Crippen LogP contribution in [0.1, 0.15) is 16.2 Å². The van der Waals surface area contributed by atoms with E-state index in [1.807, 2.05) is 11.3 Å². The van der Waals surface area contributed by atoms with Gasteiger partial charge in [-0.15, -0.1) is 21.8 Å². The molecule has 0 aromatic carbocycles. The first-order valence-corrected chi connectivity index (χ1v) is 5.41. The fourth-order valence-electron chi connectivity index (χ4n) is 1.41. The lowest BCUT2D eigenvalue weighted by Crippen LogP contribution is -2.25. The Morgan fingerprint density at radius 2 is 2.38 bits per heavy atom. The van der Waals surface area contributed by atoms with E-state index in [-0.39, 0.29) is 5.91 Å². The first kappa shape index (κ1) is 10.9. The zero-order chi connectivity index (χ0) is 11.5. The van der Waals surface area contributed by atoms with Gasteiger partial charge in [0.15, 0.2) is 5.65 Å². The number of nitrogens with zero attached hydrogens (tertiary/aromatic N) is 3. The second-order valence-corrected chi connectivity index (χ2v) is 3.71. The lowest BCUT2D eigenvalue weighted by atomic mass is 10.2. The maximum atomic E-state index is 11.6. The predicted octanol–water partition coefficient (Wildman–Crippen LogP) is 1.01. The quantitative estimate of drug-likeness (QED) is 0.812. The molecule has 0 saturated carbocycles. The van der Waals surface area contributed by atoms with Crippen molar-refractivity contribution in [3.8, 4) is 0 Å². The Balaban J connectivity index is 2.29. The van der Waals surface area contributed by atoms with Gasteiger partial charge in [-0.05, 0) is 19.1 Å². The molecule has 0 bridgehead atoms. The number of pyridine rings is 1. The highest BCUT2D eigenvalue weighted by molar-refractivity contribution is 6.18. The summed E-state index contributed by atoms with van der Waals surface area (Å²) in [7, 11) is 0. The number of alkyl halides is 1. The molecular weight excluding hydrogens is 228 g/mol. The fraction of sp³-hybridized carbons (Fsp3) is 0.300. The Labute approximate surface area is 97.4 Å². The number of carbonyl (C=O) groups excluding carboxylic acids is 1. The molecule has 5 nitrogen and oxygen atoms in total. The van der Waals surface area contributed by atoms with Gasteiger partial charge in [-0.2, -0.15) is 0 Å². The third kappa shape index (κ3) is 1.99. The summed E-state index contributed by atoms with van der Waals surface area (Å²) in [5, 5.41) is 10.6. The van der Waals surface area contributed by atoms with Gasteiger partial charge in [0, 0.05) is 24.2 Å². The van der Waals surface area contributed by atoms with Crippen LogP contribution in [-0.2, 0) is 0 Å². The molecule has 2 heterocycles. The Morgan fingerprint density at radius 3 is 3.12 bits per heavy atom. The third-order valence-electron chi connectivity index (χ3n) is 2.22. The first-order chi connectivity index (χ1) is 7.72. The van der Waals surface area contributed by atoms with E-state index in [1.54, 1.807) is 18.3 Å². The molecule has 1 amide bonds. The van der Waals surface area contributed by atoms with E-state index in [4.69, 9.17) is 11.6 Å². The van der Waals surface area contributed by atoms with Crippen LogP contribution in [0.15, 0.2) is 18.3 Å². The van der Waals surface area contributed by atoms with Gasteiger partial charge in [0.05, 0.1) is 0 Å². The Kier molecular flexibility index (Phi) is 3.05. The highest BCUT2D eigenvalue weighted by atomic mass is 35.5. The fourth-order valence-corrected chi connectivity index (χ4v) is 1.51. The van der Waals surface area contributed by atoms with E-state index in [9.17, 15) is 4.79 Å². The number of nitrogens with one attached hydrogen (secondary N) is 1. The Hall–Kier alpha value is -1.62. The Morgan fingerprint density at radius 1 is 1.56 bits per heavy atom. The molecule has 0 radical (unpaired) electrons. The number of fused-ring (bicyclic) bond motifs is 1. The second kappa shape index (κ2) is 4.49. The summed E-state index contributed by atoms with van der Waals surface area (Å²) in [5.74, 6) is 1.05. The van der Waals surface area contributed by atoms with Crippen LogP contribution >= 0.6 is 11.6 Å². The zero-order valence-corrected chi connectivity index (χ0v) is 9.53. The number of halogens is 1. The predicted molar refractivity (Wildman–Crippen MR) is 60.8 cm³/mol. The SMILES string of the molecule is Cc1nnc2cc(C(=O)NCCCl)ccn12. The largest absolute Gasteiger partial charge is 0.351 e. The number of aromatic nitrogens is 3. The molecule has 1 N–H and O–H groups in total. The Bertz CT molecular complexity index is 523. The lowest BCUT2D eigenvalue weighted by molar-refractivity contribution is 0.0956. The van der Waals surface area contributed by atoms with Crippen LogP contribution in [0.5, 0.6) is 0 Å². The molecule has 84 valence electrons. The van der Waals surface area contributed by atoms with Crippen LogP contribution in [0.3, 0.4) is 0 Å². The van der Waals surface area contributed by atoms with Crippen LogP contribution in [0, 0.1) is 6.92 Å². The normalized spacial score (nSPS) is 10.6. The standard InChI is InChI=1S/C10H11ClN4O/c1-7-13-14-9-6-8(2-5-15(7)9)10(16)12-4-3-11/h2,5-6H,3-4H2,1H3,(H,12,16). The van der Waals surface area contributed by atoms with Crippen molar-refractivity contribution in [2.24, 2.45) is 0 Å². The lowest BCUT2D eigenvalue weighted by Gasteiger charge is -2.03. The molecule has 0 fully saturated rings. The molecule has 0 aliphatic rings. The van der Waals surface area contributed by atoms with Gasteiger partial charge in [0.1, 0.15) is 5.82 Å². The molecule has 0 aliphatic carbocycles. The van der Waals surface area contributed by atoms with Crippen LogP contribution in [0.25, 0.3) is 5.65 Å². The number of carbonyl (C=O) groups is 1. The monoisotopic (exact) mass is 238 g/mol. The van der Waals surface area contributed by atoms with Crippen molar-refractivity contribution in [1.82, 2.24) is 19.9 Å². The summed E-state index contributed by atoms with van der Waals surface area (Å²) in [6.07, 6.45) is 1.78. The number of hydrogen-bond acceptors (Lipinski definition) is 3. The average molecular weight is 239 g/mol. The van der Waals surface area contributed by atoms with E-state index in [0.29, 0.717) is 23.6 Å². The van der Waals surface area contributed by atoms with Crippen LogP contribution in [0.2, 0.25) is 0 Å². The van der Waals surface area contributed by atoms with Crippen molar-refractivity contribution in [2.75, 3.05) is 12.4 Å². The first-order valence-electron chi connectivity index (χ1n) is 4.88. The minimum atomic E-state index is -0.149. The molecule has 0 atom stereocenters. The second-order valence-electron chi connectivity index (χ2n) is 3.34. The minimum Gasteiger partial charge on any atom is -0.351 e. The molecular formula is C10H11ClN4O. The van der Waals surface area contributed by atoms with Crippen molar-refractivity contribution >= 4 is 23.2 Å². The van der Waals surface area contributed by atoms with E-state index in [1.165, 1.54) is 0 Å². The van der Waals surface area contributed by atoms with E-state index in [2.05, 4.69) is 15.5 Å². The van der Waals surface area contributed by atoms with Gasteiger partial charge in [-0.1, -0.05) is 0 Å². The number of amides is 1. The molecule has 2 aromatic heterocycles. The molecule has 2 rings (SSSR count). The van der Waals surface area contributed by atoms with Crippen molar-refractivity contribution in [1.29, 1.82) is 0 Å². The van der Waals surface area contributed by atoms with Crippen molar-refractivity contribution < 1.29 is 4.79 Å². The molecule has 0 spiro atoms. The topological polar surface area (TPSA) is 59.3 Å². The van der Waals surface area contributed by atoms with Gasteiger partial charge in [0.25, 0.3) is 5.91 Å². The smallest absolute Gasteiger partial charge is 0.251 e. The van der Waals surface area contributed by atoms with Gasteiger partial charge < -0.3 is 5.32 Å². The van der Waals surface area contributed by atoms with Gasteiger partial charge in [-0.25, -0.2) is 0 Å². The number of hydrogen-bond donors (Lipinski definition) is 1. The maximum absolute atomic E-state index is 11.6. The molecule has 2 aromatic rings. The van der Waals surface area contributed by atoms with Crippen LogP contribution in [0.4, 0.5) is 0 Å². The molecule has 16 heavy (non-hydrogen) atoms. The van der Waals surface area contributed by atoms with Crippen molar-refractivity contribution in [2.45, 2.75) is 6.92 Å². The van der Waals surface area contributed by atoms with Crippen LogP contribution < -0.4 is 5.32 Å². The highest BCUT2D eigenvalue weighted by Gasteiger charge is 2.07.